The van der Waals surface area contributed by atoms with E-state index in [1.165, 1.54) is 6.20 Å². The number of allylic oxidation sites excluding steroid dienone is 3. The van der Waals surface area contributed by atoms with Crippen molar-refractivity contribution >= 4 is 5.91 Å². The molecule has 0 aliphatic carbocycles. The topological polar surface area (TPSA) is 61.8 Å². The van der Waals surface area contributed by atoms with Crippen molar-refractivity contribution < 1.29 is 4.79 Å². The van der Waals surface area contributed by atoms with Crippen LogP contribution in [0.3, 0.4) is 0 Å². The van der Waals surface area contributed by atoms with Crippen LogP contribution in [0.2, 0.25) is 0 Å². The van der Waals surface area contributed by atoms with E-state index >= 15 is 0 Å². The second-order valence-electron chi connectivity index (χ2n) is 4.25. The SMILES string of the molecule is O=NC=C1C=CC=CN1CC(=O)NCc1ccccc1. The normalized spacial score (nSPS) is 15.4. The lowest BCUT2D eigenvalue weighted by Gasteiger charge is -2.22. The van der Waals surface area contributed by atoms with Crippen molar-refractivity contribution in [2.45, 2.75) is 6.54 Å². The third kappa shape index (κ3) is 3.91. The number of hydrogen-bond acceptors (Lipinski definition) is 4. The van der Waals surface area contributed by atoms with Crippen molar-refractivity contribution in [3.63, 3.8) is 0 Å². The molecule has 1 aliphatic heterocycles. The van der Waals surface area contributed by atoms with Gasteiger partial charge in [-0.3, -0.25) is 4.79 Å². The number of carbonyl (C=O) groups excluding carboxylic acids is 1. The Morgan fingerprint density at radius 3 is 2.80 bits per heavy atom. The van der Waals surface area contributed by atoms with E-state index in [2.05, 4.69) is 10.5 Å². The van der Waals surface area contributed by atoms with Gasteiger partial charge in [-0.1, -0.05) is 36.4 Å². The molecule has 0 bridgehead atoms. The summed E-state index contributed by atoms with van der Waals surface area (Å²) in [6.07, 6.45) is 8.23. The van der Waals surface area contributed by atoms with Crippen LogP contribution in [0.25, 0.3) is 0 Å². The predicted octanol–water partition coefficient (Wildman–Crippen LogP) is 2.30. The number of hydrogen-bond donors (Lipinski definition) is 1. The first kappa shape index (κ1) is 13.7. The summed E-state index contributed by atoms with van der Waals surface area (Å²) in [5, 5.41) is 5.57. The molecule has 1 amide bonds. The van der Waals surface area contributed by atoms with E-state index < -0.39 is 0 Å². The molecular weight excluding hydrogens is 254 g/mol. The van der Waals surface area contributed by atoms with Crippen molar-refractivity contribution in [2.75, 3.05) is 6.54 Å². The predicted molar refractivity (Wildman–Crippen MR) is 77.2 cm³/mol. The smallest absolute Gasteiger partial charge is 0.240 e. The second kappa shape index (κ2) is 7.04. The van der Waals surface area contributed by atoms with Gasteiger partial charge in [-0.2, -0.15) is 0 Å². The third-order valence-corrected chi connectivity index (χ3v) is 2.81. The highest BCUT2D eigenvalue weighted by Crippen LogP contribution is 2.11. The highest BCUT2D eigenvalue weighted by Gasteiger charge is 2.11. The molecule has 1 aromatic carbocycles. The van der Waals surface area contributed by atoms with Gasteiger partial charge in [0.15, 0.2) is 0 Å². The molecular formula is C15H15N3O2. The van der Waals surface area contributed by atoms with Crippen LogP contribution < -0.4 is 5.32 Å². The molecule has 1 aliphatic rings. The van der Waals surface area contributed by atoms with E-state index in [1.54, 1.807) is 29.3 Å². The average molecular weight is 269 g/mol. The molecule has 1 N–H and O–H groups in total. The fourth-order valence-corrected chi connectivity index (χ4v) is 1.81. The first-order valence-corrected chi connectivity index (χ1v) is 6.24. The van der Waals surface area contributed by atoms with Crippen molar-refractivity contribution in [1.29, 1.82) is 0 Å². The van der Waals surface area contributed by atoms with E-state index in [0.29, 0.717) is 12.2 Å². The summed E-state index contributed by atoms with van der Waals surface area (Å²) in [6.45, 7) is 0.632. The first-order chi connectivity index (χ1) is 9.79. The van der Waals surface area contributed by atoms with E-state index in [4.69, 9.17) is 0 Å². The number of amides is 1. The lowest BCUT2D eigenvalue weighted by atomic mass is 10.2. The third-order valence-electron chi connectivity index (χ3n) is 2.81. The van der Waals surface area contributed by atoms with E-state index in [-0.39, 0.29) is 12.5 Å². The van der Waals surface area contributed by atoms with Crippen LogP contribution in [-0.2, 0) is 11.3 Å². The van der Waals surface area contributed by atoms with Crippen LogP contribution in [0.4, 0.5) is 0 Å². The Morgan fingerprint density at radius 1 is 1.25 bits per heavy atom. The number of rotatable bonds is 5. The minimum Gasteiger partial charge on any atom is -0.350 e. The Labute approximate surface area is 117 Å². The Balaban J connectivity index is 1.88. The Kier molecular flexibility index (Phi) is 4.83. The van der Waals surface area contributed by atoms with Crippen molar-refractivity contribution in [3.05, 3.63) is 77.1 Å². The Hall–Kier alpha value is -2.69. The molecule has 102 valence electrons. The van der Waals surface area contributed by atoms with Crippen LogP contribution in [0.15, 0.2) is 71.8 Å². The first-order valence-electron chi connectivity index (χ1n) is 6.24. The minimum atomic E-state index is -0.120. The summed E-state index contributed by atoms with van der Waals surface area (Å²) in [6, 6.07) is 9.68. The molecule has 0 atom stereocenters. The maximum atomic E-state index is 11.9. The maximum Gasteiger partial charge on any atom is 0.240 e. The fourth-order valence-electron chi connectivity index (χ4n) is 1.81. The van der Waals surface area contributed by atoms with E-state index in [9.17, 15) is 9.70 Å². The van der Waals surface area contributed by atoms with Crippen LogP contribution in [0.5, 0.6) is 0 Å². The summed E-state index contributed by atoms with van der Waals surface area (Å²) >= 11 is 0. The largest absolute Gasteiger partial charge is 0.350 e. The van der Waals surface area contributed by atoms with Gasteiger partial charge in [0.2, 0.25) is 5.91 Å². The summed E-state index contributed by atoms with van der Waals surface area (Å²) in [5.41, 5.74) is 1.64. The number of nitroso groups, excluding NO2 is 1. The number of carbonyl (C=O) groups is 1. The molecule has 0 fully saturated rings. The zero-order chi connectivity index (χ0) is 14.2. The summed E-state index contributed by atoms with van der Waals surface area (Å²) in [4.78, 5) is 23.9. The molecule has 2 rings (SSSR count). The second-order valence-corrected chi connectivity index (χ2v) is 4.25. The molecule has 5 heteroatoms. The van der Waals surface area contributed by atoms with Crippen molar-refractivity contribution in [3.8, 4) is 0 Å². The molecule has 0 unspecified atom stereocenters. The van der Waals surface area contributed by atoms with Gasteiger partial charge in [-0.15, -0.1) is 4.91 Å². The van der Waals surface area contributed by atoms with Gasteiger partial charge in [0.05, 0.1) is 11.9 Å². The minimum absolute atomic E-state index is 0.120. The van der Waals surface area contributed by atoms with Gasteiger partial charge in [-0.05, 0) is 22.9 Å². The van der Waals surface area contributed by atoms with Gasteiger partial charge in [-0.25, -0.2) is 0 Å². The highest BCUT2D eigenvalue weighted by atomic mass is 16.2. The van der Waals surface area contributed by atoms with Crippen LogP contribution in [-0.4, -0.2) is 17.4 Å². The summed E-state index contributed by atoms with van der Waals surface area (Å²) < 4.78 is 0. The number of nitrogens with zero attached hydrogens (tertiary/aromatic N) is 2. The lowest BCUT2D eigenvalue weighted by molar-refractivity contribution is -0.121. The summed E-state index contributed by atoms with van der Waals surface area (Å²) in [7, 11) is 0. The van der Waals surface area contributed by atoms with Crippen LogP contribution in [0, 0.1) is 4.91 Å². The molecule has 1 aromatic rings. The molecule has 0 radical (unpaired) electrons. The highest BCUT2D eigenvalue weighted by molar-refractivity contribution is 5.78. The molecule has 5 nitrogen and oxygen atoms in total. The standard InChI is InChI=1S/C15H15N3O2/c19-15(16-10-13-6-2-1-3-7-13)12-18-9-5-4-8-14(18)11-17-20/h1-9,11H,10,12H2,(H,16,19). The molecule has 1 heterocycles. The van der Waals surface area contributed by atoms with E-state index in [0.717, 1.165) is 5.56 Å². The quantitative estimate of drug-likeness (QED) is 0.834. The maximum absolute atomic E-state index is 11.9. The average Bonchev–Trinajstić information content (AvgIpc) is 2.49. The van der Waals surface area contributed by atoms with Gasteiger partial charge in [0.1, 0.15) is 6.54 Å². The van der Waals surface area contributed by atoms with Crippen LogP contribution in [0.1, 0.15) is 5.56 Å². The number of nitrogens with one attached hydrogen (secondary N) is 1. The zero-order valence-corrected chi connectivity index (χ0v) is 10.9. The Morgan fingerprint density at radius 2 is 2.05 bits per heavy atom. The lowest BCUT2D eigenvalue weighted by Crippen LogP contribution is -2.34. The number of benzene rings is 1. The van der Waals surface area contributed by atoms with Crippen LogP contribution >= 0.6 is 0 Å². The van der Waals surface area contributed by atoms with Crippen molar-refractivity contribution in [2.24, 2.45) is 5.18 Å². The molecule has 0 aromatic heterocycles. The Bertz CT molecular complexity index is 562. The molecule has 0 spiro atoms. The van der Waals surface area contributed by atoms with Gasteiger partial charge >= 0.3 is 0 Å². The van der Waals surface area contributed by atoms with Gasteiger partial charge in [0, 0.05) is 12.7 Å². The van der Waals surface area contributed by atoms with E-state index in [1.807, 2.05) is 30.3 Å². The zero-order valence-electron chi connectivity index (χ0n) is 10.9. The monoisotopic (exact) mass is 269 g/mol. The van der Waals surface area contributed by atoms with Gasteiger partial charge < -0.3 is 10.2 Å². The van der Waals surface area contributed by atoms with Gasteiger partial charge in [0.25, 0.3) is 0 Å². The summed E-state index contributed by atoms with van der Waals surface area (Å²) in [5.74, 6) is -0.120. The molecule has 0 saturated heterocycles. The van der Waals surface area contributed by atoms with Crippen molar-refractivity contribution in [1.82, 2.24) is 10.2 Å². The molecule has 20 heavy (non-hydrogen) atoms. The molecule has 0 saturated carbocycles. The fraction of sp³-hybridized carbons (Fsp3) is 0.133.